The standard InChI is InChI=1S/C30H28ClN/c1-30(21-5-6-22-30)25-11-17-28(18-12-25)32(29-19-13-26(31)14-20-29)27-15-9-24(10-16-27)23-7-3-2-4-8-23/h2-4,7-20H,5-6,21-22H2,1H3. The smallest absolute Gasteiger partial charge is 0.0462 e. The average Bonchev–Trinajstić information content (AvgIpc) is 3.30. The highest BCUT2D eigenvalue weighted by Gasteiger charge is 2.30. The molecule has 1 aliphatic rings. The summed E-state index contributed by atoms with van der Waals surface area (Å²) in [4.78, 5) is 2.30. The van der Waals surface area contributed by atoms with Gasteiger partial charge in [-0.2, -0.15) is 0 Å². The van der Waals surface area contributed by atoms with Crippen LogP contribution in [-0.2, 0) is 5.41 Å². The molecule has 1 fully saturated rings. The Hall–Kier alpha value is -3.03. The third kappa shape index (κ3) is 4.18. The molecule has 1 nitrogen and oxygen atoms in total. The van der Waals surface area contributed by atoms with Crippen LogP contribution in [0.15, 0.2) is 103 Å². The van der Waals surface area contributed by atoms with Gasteiger partial charge in [-0.1, -0.05) is 86.0 Å². The van der Waals surface area contributed by atoms with E-state index >= 15 is 0 Å². The zero-order valence-electron chi connectivity index (χ0n) is 18.5. The number of benzene rings is 4. The van der Waals surface area contributed by atoms with Crippen molar-refractivity contribution in [1.82, 2.24) is 0 Å². The van der Waals surface area contributed by atoms with E-state index in [0.29, 0.717) is 5.41 Å². The molecule has 0 spiro atoms. The number of rotatable bonds is 5. The number of hydrogen-bond donors (Lipinski definition) is 0. The molecule has 32 heavy (non-hydrogen) atoms. The lowest BCUT2D eigenvalue weighted by molar-refractivity contribution is 0.491. The van der Waals surface area contributed by atoms with Crippen molar-refractivity contribution in [2.24, 2.45) is 0 Å². The summed E-state index contributed by atoms with van der Waals surface area (Å²) in [5.41, 5.74) is 7.61. The van der Waals surface area contributed by atoms with Crippen LogP contribution in [0, 0.1) is 0 Å². The second-order valence-electron chi connectivity index (χ2n) is 9.04. The second-order valence-corrected chi connectivity index (χ2v) is 9.48. The molecule has 0 radical (unpaired) electrons. The molecule has 0 unspecified atom stereocenters. The van der Waals surface area contributed by atoms with E-state index in [1.165, 1.54) is 42.4 Å². The number of hydrogen-bond acceptors (Lipinski definition) is 1. The maximum absolute atomic E-state index is 6.19. The molecule has 2 heteroatoms. The maximum atomic E-state index is 6.19. The van der Waals surface area contributed by atoms with E-state index in [1.807, 2.05) is 12.1 Å². The Bertz CT molecular complexity index is 1160. The van der Waals surface area contributed by atoms with Gasteiger partial charge in [0.2, 0.25) is 0 Å². The Labute approximate surface area is 196 Å². The van der Waals surface area contributed by atoms with Gasteiger partial charge in [0.05, 0.1) is 0 Å². The fourth-order valence-corrected chi connectivity index (χ4v) is 5.05. The van der Waals surface area contributed by atoms with E-state index in [0.717, 1.165) is 22.1 Å². The monoisotopic (exact) mass is 437 g/mol. The highest BCUT2D eigenvalue weighted by Crippen LogP contribution is 2.42. The van der Waals surface area contributed by atoms with Gasteiger partial charge >= 0.3 is 0 Å². The highest BCUT2D eigenvalue weighted by atomic mass is 35.5. The van der Waals surface area contributed by atoms with Crippen molar-refractivity contribution >= 4 is 28.7 Å². The Kier molecular flexibility index (Phi) is 5.76. The molecule has 0 N–H and O–H groups in total. The molecule has 160 valence electrons. The van der Waals surface area contributed by atoms with E-state index in [1.54, 1.807) is 0 Å². The van der Waals surface area contributed by atoms with Gasteiger partial charge in [0.25, 0.3) is 0 Å². The van der Waals surface area contributed by atoms with Crippen LogP contribution in [-0.4, -0.2) is 0 Å². The summed E-state index contributed by atoms with van der Waals surface area (Å²) in [5, 5.41) is 0.748. The zero-order chi connectivity index (χ0) is 22.0. The minimum absolute atomic E-state index is 0.320. The van der Waals surface area contributed by atoms with Crippen LogP contribution < -0.4 is 4.90 Å². The highest BCUT2D eigenvalue weighted by molar-refractivity contribution is 6.30. The lowest BCUT2D eigenvalue weighted by Gasteiger charge is -2.28. The molecule has 0 saturated heterocycles. The quantitative estimate of drug-likeness (QED) is 0.300. The topological polar surface area (TPSA) is 3.24 Å². The van der Waals surface area contributed by atoms with Crippen LogP contribution in [0.2, 0.25) is 5.02 Å². The molecule has 0 heterocycles. The van der Waals surface area contributed by atoms with Gasteiger partial charge in [-0.25, -0.2) is 0 Å². The molecule has 0 atom stereocenters. The van der Waals surface area contributed by atoms with Crippen molar-refractivity contribution in [3.05, 3.63) is 114 Å². The first kappa shape index (κ1) is 20.8. The first-order valence-electron chi connectivity index (χ1n) is 11.4. The van der Waals surface area contributed by atoms with Crippen molar-refractivity contribution in [3.63, 3.8) is 0 Å². The molecule has 1 aliphatic carbocycles. The molecular weight excluding hydrogens is 410 g/mol. The summed E-state index contributed by atoms with van der Waals surface area (Å²) < 4.78 is 0. The predicted octanol–water partition coefficient (Wildman–Crippen LogP) is 9.31. The van der Waals surface area contributed by atoms with Crippen LogP contribution >= 0.6 is 11.6 Å². The Morgan fingerprint density at radius 1 is 0.594 bits per heavy atom. The Morgan fingerprint density at radius 3 is 1.62 bits per heavy atom. The zero-order valence-corrected chi connectivity index (χ0v) is 19.2. The summed E-state index contributed by atoms with van der Waals surface area (Å²) in [7, 11) is 0. The summed E-state index contributed by atoms with van der Waals surface area (Å²) in [6, 6.07) is 36.5. The third-order valence-corrected chi connectivity index (χ3v) is 7.10. The van der Waals surface area contributed by atoms with Crippen LogP contribution in [0.5, 0.6) is 0 Å². The lowest BCUT2D eigenvalue weighted by Crippen LogP contribution is -2.17. The number of nitrogens with zero attached hydrogens (tertiary/aromatic N) is 1. The van der Waals surface area contributed by atoms with Gasteiger partial charge in [-0.3, -0.25) is 0 Å². The van der Waals surface area contributed by atoms with Gasteiger partial charge in [0.15, 0.2) is 0 Å². The normalized spacial score (nSPS) is 14.9. The van der Waals surface area contributed by atoms with Crippen LogP contribution in [0.25, 0.3) is 11.1 Å². The summed E-state index contributed by atoms with van der Waals surface area (Å²) in [6.45, 7) is 2.41. The molecule has 0 amide bonds. The Balaban J connectivity index is 1.52. The number of anilines is 3. The molecule has 5 rings (SSSR count). The van der Waals surface area contributed by atoms with Crippen LogP contribution in [0.4, 0.5) is 17.1 Å². The maximum Gasteiger partial charge on any atom is 0.0462 e. The minimum atomic E-state index is 0.320. The first-order valence-corrected chi connectivity index (χ1v) is 11.8. The summed E-state index contributed by atoms with van der Waals surface area (Å²) >= 11 is 6.19. The van der Waals surface area contributed by atoms with E-state index in [-0.39, 0.29) is 0 Å². The largest absolute Gasteiger partial charge is 0.311 e. The van der Waals surface area contributed by atoms with Crippen molar-refractivity contribution in [1.29, 1.82) is 0 Å². The summed E-state index contributed by atoms with van der Waals surface area (Å²) in [5.74, 6) is 0. The molecule has 4 aromatic rings. The molecule has 4 aromatic carbocycles. The average molecular weight is 438 g/mol. The van der Waals surface area contributed by atoms with E-state index in [4.69, 9.17) is 11.6 Å². The lowest BCUT2D eigenvalue weighted by atomic mass is 9.81. The molecular formula is C30H28ClN. The van der Waals surface area contributed by atoms with Gasteiger partial charge in [-0.15, -0.1) is 0 Å². The van der Waals surface area contributed by atoms with E-state index in [2.05, 4.69) is 103 Å². The number of halogens is 1. The summed E-state index contributed by atoms with van der Waals surface area (Å²) in [6.07, 6.45) is 5.24. The first-order chi connectivity index (χ1) is 15.6. The molecule has 0 aliphatic heterocycles. The minimum Gasteiger partial charge on any atom is -0.311 e. The van der Waals surface area contributed by atoms with Crippen LogP contribution in [0.1, 0.15) is 38.2 Å². The SMILES string of the molecule is CC1(c2ccc(N(c3ccc(Cl)cc3)c3ccc(-c4ccccc4)cc3)cc2)CCCC1. The van der Waals surface area contributed by atoms with Crippen molar-refractivity contribution in [3.8, 4) is 11.1 Å². The van der Waals surface area contributed by atoms with Gasteiger partial charge in [0.1, 0.15) is 0 Å². The van der Waals surface area contributed by atoms with Gasteiger partial charge in [0, 0.05) is 22.1 Å². The molecule has 0 bridgehead atoms. The van der Waals surface area contributed by atoms with Crippen molar-refractivity contribution in [2.75, 3.05) is 4.90 Å². The van der Waals surface area contributed by atoms with Gasteiger partial charge < -0.3 is 4.90 Å². The Morgan fingerprint density at radius 2 is 1.06 bits per heavy atom. The third-order valence-electron chi connectivity index (χ3n) is 6.85. The van der Waals surface area contributed by atoms with Gasteiger partial charge in [-0.05, 0) is 83.5 Å². The van der Waals surface area contributed by atoms with E-state index in [9.17, 15) is 0 Å². The fourth-order valence-electron chi connectivity index (χ4n) is 4.93. The fraction of sp³-hybridized carbons (Fsp3) is 0.200. The molecule has 0 aromatic heterocycles. The van der Waals surface area contributed by atoms with E-state index < -0.39 is 0 Å². The van der Waals surface area contributed by atoms with Crippen molar-refractivity contribution < 1.29 is 0 Å². The van der Waals surface area contributed by atoms with Crippen molar-refractivity contribution in [2.45, 2.75) is 38.0 Å². The molecule has 1 saturated carbocycles. The second kappa shape index (κ2) is 8.84. The van der Waals surface area contributed by atoms with Crippen LogP contribution in [0.3, 0.4) is 0 Å². The predicted molar refractivity (Wildman–Crippen MR) is 137 cm³/mol.